The number of nitrogens with zero attached hydrogens (tertiary/aromatic N) is 1. The summed E-state index contributed by atoms with van der Waals surface area (Å²) in [5, 5.41) is 9.59. The third-order valence-corrected chi connectivity index (χ3v) is 4.60. The third kappa shape index (κ3) is 2.86. The zero-order valence-electron chi connectivity index (χ0n) is 11.8. The minimum Gasteiger partial charge on any atom is -0.508 e. The van der Waals surface area contributed by atoms with Crippen LogP contribution in [-0.4, -0.2) is 29.6 Å². The quantitative estimate of drug-likeness (QED) is 0.884. The first-order valence-electron chi connectivity index (χ1n) is 6.97. The van der Waals surface area contributed by atoms with Crippen molar-refractivity contribution >= 4 is 0 Å². The molecule has 1 fully saturated rings. The van der Waals surface area contributed by atoms with E-state index in [1.54, 1.807) is 6.07 Å². The van der Waals surface area contributed by atoms with Crippen LogP contribution in [0.5, 0.6) is 5.75 Å². The highest BCUT2D eigenvalue weighted by molar-refractivity contribution is 5.28. The van der Waals surface area contributed by atoms with E-state index < -0.39 is 0 Å². The van der Waals surface area contributed by atoms with Gasteiger partial charge in [0.2, 0.25) is 0 Å². The fourth-order valence-electron chi connectivity index (χ4n) is 3.13. The zero-order valence-corrected chi connectivity index (χ0v) is 11.8. The second-order valence-electron chi connectivity index (χ2n) is 6.15. The lowest BCUT2D eigenvalue weighted by molar-refractivity contribution is 0.0829. The van der Waals surface area contributed by atoms with Crippen LogP contribution in [0.3, 0.4) is 0 Å². The second-order valence-corrected chi connectivity index (χ2v) is 6.15. The molecule has 0 saturated heterocycles. The molecule has 1 N–H and O–H groups in total. The molecule has 0 spiro atoms. The van der Waals surface area contributed by atoms with E-state index in [0.717, 1.165) is 12.3 Å². The topological polar surface area (TPSA) is 23.5 Å². The molecule has 0 amide bonds. The van der Waals surface area contributed by atoms with Crippen LogP contribution < -0.4 is 0 Å². The Morgan fingerprint density at radius 1 is 1.28 bits per heavy atom. The van der Waals surface area contributed by atoms with Gasteiger partial charge in [-0.2, -0.15) is 0 Å². The Morgan fingerprint density at radius 2 is 1.94 bits per heavy atom. The van der Waals surface area contributed by atoms with Gasteiger partial charge in [-0.25, -0.2) is 0 Å². The summed E-state index contributed by atoms with van der Waals surface area (Å²) in [6, 6.07) is 7.72. The van der Waals surface area contributed by atoms with Crippen LogP contribution >= 0.6 is 0 Å². The molecule has 1 aliphatic rings. The molecule has 0 bridgehead atoms. The van der Waals surface area contributed by atoms with Crippen LogP contribution in [0.15, 0.2) is 24.3 Å². The third-order valence-electron chi connectivity index (χ3n) is 4.60. The Bertz CT molecular complexity index is 392. The van der Waals surface area contributed by atoms with Gasteiger partial charge in [0.05, 0.1) is 0 Å². The Balaban J connectivity index is 2.16. The van der Waals surface area contributed by atoms with Gasteiger partial charge in [0.25, 0.3) is 0 Å². The average molecular weight is 247 g/mol. The van der Waals surface area contributed by atoms with E-state index in [4.69, 9.17) is 0 Å². The summed E-state index contributed by atoms with van der Waals surface area (Å²) in [6.07, 6.45) is 6.20. The molecule has 2 rings (SSSR count). The van der Waals surface area contributed by atoms with Crippen LogP contribution in [0.2, 0.25) is 0 Å². The molecule has 2 heteroatoms. The van der Waals surface area contributed by atoms with Crippen LogP contribution in [0.1, 0.15) is 38.2 Å². The summed E-state index contributed by atoms with van der Waals surface area (Å²) in [7, 11) is 4.39. The summed E-state index contributed by atoms with van der Waals surface area (Å²) < 4.78 is 0. The summed E-state index contributed by atoms with van der Waals surface area (Å²) in [5.41, 5.74) is 1.53. The summed E-state index contributed by atoms with van der Waals surface area (Å²) in [5.74, 6) is 1.24. The van der Waals surface area contributed by atoms with Crippen molar-refractivity contribution in [1.29, 1.82) is 0 Å². The number of phenolic OH excluding ortho intramolecular Hbond substituents is 1. The molecular formula is C16H25NO. The molecule has 0 unspecified atom stereocenters. The van der Waals surface area contributed by atoms with Gasteiger partial charge in [-0.1, -0.05) is 19.1 Å². The lowest BCUT2D eigenvalue weighted by atomic mass is 9.73. The summed E-state index contributed by atoms with van der Waals surface area (Å²) >= 11 is 0. The maximum atomic E-state index is 9.59. The van der Waals surface area contributed by atoms with E-state index in [-0.39, 0.29) is 5.54 Å². The van der Waals surface area contributed by atoms with E-state index in [0.29, 0.717) is 5.75 Å². The Kier molecular flexibility index (Phi) is 3.96. The van der Waals surface area contributed by atoms with Crippen LogP contribution in [0, 0.1) is 5.92 Å². The Hall–Kier alpha value is -1.02. The van der Waals surface area contributed by atoms with Crippen molar-refractivity contribution in [3.63, 3.8) is 0 Å². The van der Waals surface area contributed by atoms with E-state index in [1.165, 1.54) is 31.2 Å². The van der Waals surface area contributed by atoms with Crippen molar-refractivity contribution in [3.05, 3.63) is 29.8 Å². The van der Waals surface area contributed by atoms with Gasteiger partial charge in [-0.3, -0.25) is 0 Å². The van der Waals surface area contributed by atoms with Gasteiger partial charge in [-0.05, 0) is 69.8 Å². The first kappa shape index (κ1) is 13.4. The molecule has 100 valence electrons. The number of rotatable bonds is 3. The first-order valence-corrected chi connectivity index (χ1v) is 6.97. The van der Waals surface area contributed by atoms with Crippen LogP contribution in [-0.2, 0) is 6.42 Å². The zero-order chi connectivity index (χ0) is 13.2. The van der Waals surface area contributed by atoms with Crippen molar-refractivity contribution in [2.24, 2.45) is 5.92 Å². The number of benzene rings is 1. The molecule has 1 aliphatic carbocycles. The van der Waals surface area contributed by atoms with Gasteiger partial charge in [0, 0.05) is 5.54 Å². The van der Waals surface area contributed by atoms with Crippen molar-refractivity contribution in [1.82, 2.24) is 4.90 Å². The number of likely N-dealkylation sites (N-methyl/N-ethyl adjacent to an activating group) is 1. The van der Waals surface area contributed by atoms with Crippen LogP contribution in [0.25, 0.3) is 0 Å². The highest BCUT2D eigenvalue weighted by atomic mass is 16.3. The van der Waals surface area contributed by atoms with Gasteiger partial charge < -0.3 is 10.0 Å². The van der Waals surface area contributed by atoms with E-state index in [2.05, 4.69) is 32.0 Å². The number of aromatic hydroxyl groups is 1. The standard InChI is InChI=1S/C16H25NO/c1-13-7-9-16(10-8-13,17(2)3)12-14-5-4-6-15(18)11-14/h4-6,11,13,18H,7-10,12H2,1-3H3. The molecule has 2 nitrogen and oxygen atoms in total. The van der Waals surface area contributed by atoms with Crippen molar-refractivity contribution in [3.8, 4) is 5.75 Å². The highest BCUT2D eigenvalue weighted by Gasteiger charge is 2.36. The molecule has 1 aromatic rings. The van der Waals surface area contributed by atoms with Gasteiger partial charge in [0.15, 0.2) is 0 Å². The van der Waals surface area contributed by atoms with Crippen molar-refractivity contribution < 1.29 is 5.11 Å². The maximum Gasteiger partial charge on any atom is 0.115 e. The predicted octanol–water partition coefficient (Wildman–Crippen LogP) is 3.45. The lowest BCUT2D eigenvalue weighted by Gasteiger charge is -2.45. The SMILES string of the molecule is CC1CCC(Cc2cccc(O)c2)(N(C)C)CC1. The van der Waals surface area contributed by atoms with Gasteiger partial charge in [0.1, 0.15) is 5.75 Å². The normalized spacial score (nSPS) is 28.6. The molecule has 1 aromatic carbocycles. The lowest BCUT2D eigenvalue weighted by Crippen LogP contribution is -2.48. The average Bonchev–Trinajstić information content (AvgIpc) is 2.32. The minimum atomic E-state index is 0.278. The number of phenols is 1. The Labute approximate surface area is 111 Å². The molecule has 0 atom stereocenters. The molecule has 18 heavy (non-hydrogen) atoms. The smallest absolute Gasteiger partial charge is 0.115 e. The predicted molar refractivity (Wildman–Crippen MR) is 75.9 cm³/mol. The highest BCUT2D eigenvalue weighted by Crippen LogP contribution is 2.37. The largest absolute Gasteiger partial charge is 0.508 e. The molecular weight excluding hydrogens is 222 g/mol. The monoisotopic (exact) mass is 247 g/mol. The molecule has 0 heterocycles. The van der Waals surface area contributed by atoms with E-state index in [1.807, 2.05) is 12.1 Å². The molecule has 0 radical (unpaired) electrons. The van der Waals surface area contributed by atoms with E-state index in [9.17, 15) is 5.11 Å². The van der Waals surface area contributed by atoms with Crippen molar-refractivity contribution in [2.45, 2.75) is 44.6 Å². The molecule has 0 aliphatic heterocycles. The molecule has 0 aromatic heterocycles. The maximum absolute atomic E-state index is 9.59. The minimum absolute atomic E-state index is 0.278. The summed E-state index contributed by atoms with van der Waals surface area (Å²) in [6.45, 7) is 2.36. The van der Waals surface area contributed by atoms with Gasteiger partial charge >= 0.3 is 0 Å². The second kappa shape index (κ2) is 5.31. The fraction of sp³-hybridized carbons (Fsp3) is 0.625. The molecule has 1 saturated carbocycles. The van der Waals surface area contributed by atoms with Gasteiger partial charge in [-0.15, -0.1) is 0 Å². The number of hydrogen-bond donors (Lipinski definition) is 1. The van der Waals surface area contributed by atoms with Crippen LogP contribution in [0.4, 0.5) is 0 Å². The first-order chi connectivity index (χ1) is 8.52. The number of hydrogen-bond acceptors (Lipinski definition) is 2. The Morgan fingerprint density at radius 3 is 2.50 bits per heavy atom. The van der Waals surface area contributed by atoms with E-state index >= 15 is 0 Å². The van der Waals surface area contributed by atoms with Crippen molar-refractivity contribution in [2.75, 3.05) is 14.1 Å². The summed E-state index contributed by atoms with van der Waals surface area (Å²) in [4.78, 5) is 2.39. The fourth-order valence-corrected chi connectivity index (χ4v) is 3.13.